The predicted molar refractivity (Wildman–Crippen MR) is 144 cm³/mol. The first kappa shape index (κ1) is 25.2. The third-order valence-electron chi connectivity index (χ3n) is 6.78. The molecular formula is C30H36N2O2S. The molecule has 0 radical (unpaired) electrons. The Balaban J connectivity index is 1.50. The molecule has 0 N–H and O–H groups in total. The van der Waals surface area contributed by atoms with Crippen LogP contribution >= 0.6 is 11.3 Å². The van der Waals surface area contributed by atoms with Crippen LogP contribution in [0.3, 0.4) is 0 Å². The van der Waals surface area contributed by atoms with Crippen LogP contribution in [0.25, 0.3) is 0 Å². The van der Waals surface area contributed by atoms with Crippen LogP contribution in [0.15, 0.2) is 66.0 Å². The maximum absolute atomic E-state index is 13.7. The molecule has 2 aromatic carbocycles. The van der Waals surface area contributed by atoms with E-state index >= 15 is 0 Å². The topological polar surface area (TPSA) is 40.6 Å². The lowest BCUT2D eigenvalue weighted by Crippen LogP contribution is -2.47. The molecule has 1 atom stereocenters. The van der Waals surface area contributed by atoms with E-state index in [-0.39, 0.29) is 24.4 Å². The molecule has 0 saturated carbocycles. The number of rotatable bonds is 10. The molecule has 184 valence electrons. The number of carbonyl (C=O) groups is 2. The summed E-state index contributed by atoms with van der Waals surface area (Å²) in [5.41, 5.74) is 4.25. The smallest absolute Gasteiger partial charge is 0.254 e. The fourth-order valence-electron chi connectivity index (χ4n) is 4.93. The van der Waals surface area contributed by atoms with Crippen LogP contribution in [0.1, 0.15) is 77.5 Å². The van der Waals surface area contributed by atoms with E-state index in [9.17, 15) is 9.59 Å². The van der Waals surface area contributed by atoms with Crippen LogP contribution < -0.4 is 0 Å². The summed E-state index contributed by atoms with van der Waals surface area (Å²) in [4.78, 5) is 32.1. The number of thiophene rings is 1. The number of aryl methyl sites for hydroxylation is 1. The second-order valence-electron chi connectivity index (χ2n) is 9.33. The van der Waals surface area contributed by atoms with Crippen molar-refractivity contribution in [1.82, 2.24) is 9.80 Å². The van der Waals surface area contributed by atoms with Gasteiger partial charge in [-0.25, -0.2) is 0 Å². The van der Waals surface area contributed by atoms with E-state index in [2.05, 4.69) is 42.6 Å². The summed E-state index contributed by atoms with van der Waals surface area (Å²) in [7, 11) is 0. The molecule has 35 heavy (non-hydrogen) atoms. The summed E-state index contributed by atoms with van der Waals surface area (Å²) in [5.74, 6) is -0.0570. The monoisotopic (exact) mass is 488 g/mol. The van der Waals surface area contributed by atoms with Gasteiger partial charge >= 0.3 is 0 Å². The van der Waals surface area contributed by atoms with Crippen LogP contribution in [0.2, 0.25) is 0 Å². The Morgan fingerprint density at radius 3 is 2.46 bits per heavy atom. The van der Waals surface area contributed by atoms with Crippen LogP contribution in [0.5, 0.6) is 0 Å². The molecule has 0 aliphatic carbocycles. The molecule has 1 aliphatic heterocycles. The first-order valence-electron chi connectivity index (χ1n) is 12.9. The minimum atomic E-state index is -0.0975. The number of fused-ring (bicyclic) bond motifs is 1. The van der Waals surface area contributed by atoms with Crippen molar-refractivity contribution >= 4 is 23.2 Å². The van der Waals surface area contributed by atoms with Gasteiger partial charge in [-0.15, -0.1) is 11.3 Å². The van der Waals surface area contributed by atoms with E-state index in [0.717, 1.165) is 24.8 Å². The fraction of sp³-hybridized carbons (Fsp3) is 0.400. The summed E-state index contributed by atoms with van der Waals surface area (Å²) >= 11 is 1.77. The molecular weight excluding hydrogens is 452 g/mol. The quantitative estimate of drug-likeness (QED) is 0.305. The number of carbonyl (C=O) groups excluding carboxylic acids is 2. The molecule has 1 aromatic heterocycles. The van der Waals surface area contributed by atoms with Crippen molar-refractivity contribution in [3.05, 3.63) is 93.2 Å². The molecule has 2 amide bonds. The van der Waals surface area contributed by atoms with Gasteiger partial charge in [-0.1, -0.05) is 69.2 Å². The van der Waals surface area contributed by atoms with Crippen LogP contribution in [0, 0.1) is 0 Å². The van der Waals surface area contributed by atoms with E-state index in [1.54, 1.807) is 16.2 Å². The van der Waals surface area contributed by atoms with Gasteiger partial charge in [-0.05, 0) is 66.0 Å². The Hall–Kier alpha value is -2.92. The van der Waals surface area contributed by atoms with Crippen molar-refractivity contribution in [2.45, 2.75) is 58.4 Å². The molecule has 4 nitrogen and oxygen atoms in total. The highest BCUT2D eigenvalue weighted by molar-refractivity contribution is 7.10. The number of hydrogen-bond acceptors (Lipinski definition) is 3. The summed E-state index contributed by atoms with van der Waals surface area (Å²) < 4.78 is 0. The van der Waals surface area contributed by atoms with Crippen molar-refractivity contribution in [2.75, 3.05) is 19.6 Å². The first-order valence-corrected chi connectivity index (χ1v) is 13.8. The van der Waals surface area contributed by atoms with Gasteiger partial charge in [0.25, 0.3) is 5.91 Å². The summed E-state index contributed by atoms with van der Waals surface area (Å²) in [6.07, 6.45) is 6.31. The van der Waals surface area contributed by atoms with Gasteiger partial charge in [0.1, 0.15) is 6.54 Å². The van der Waals surface area contributed by atoms with Gasteiger partial charge in [0.2, 0.25) is 5.91 Å². The Bertz CT molecular complexity index is 1110. The molecule has 4 rings (SSSR count). The molecule has 5 heteroatoms. The summed E-state index contributed by atoms with van der Waals surface area (Å²) in [5, 5.41) is 2.12. The molecule has 2 heterocycles. The number of amides is 2. The maximum atomic E-state index is 13.7. The molecule has 0 fully saturated rings. The third kappa shape index (κ3) is 6.02. The number of unbranched alkanes of at least 4 members (excludes halogenated alkanes) is 2. The normalized spacial score (nSPS) is 15.0. The average molecular weight is 489 g/mol. The second kappa shape index (κ2) is 12.2. The SMILES string of the molecule is CCCCCc1ccc(C(=O)N(CCC)CC(=O)N2CCc3sccc3C2c2ccccc2)cc1. The number of nitrogens with zero attached hydrogens (tertiary/aromatic N) is 2. The lowest BCUT2D eigenvalue weighted by molar-refractivity contribution is -0.134. The van der Waals surface area contributed by atoms with E-state index in [1.807, 2.05) is 42.2 Å². The van der Waals surface area contributed by atoms with Gasteiger partial charge in [0.05, 0.1) is 6.04 Å². The van der Waals surface area contributed by atoms with E-state index < -0.39 is 0 Å². The van der Waals surface area contributed by atoms with Gasteiger partial charge in [-0.3, -0.25) is 9.59 Å². The highest BCUT2D eigenvalue weighted by Crippen LogP contribution is 2.37. The van der Waals surface area contributed by atoms with Gasteiger partial charge in [-0.2, -0.15) is 0 Å². The van der Waals surface area contributed by atoms with Crippen LogP contribution in [-0.4, -0.2) is 41.2 Å². The lowest BCUT2D eigenvalue weighted by Gasteiger charge is -2.37. The average Bonchev–Trinajstić information content (AvgIpc) is 3.37. The van der Waals surface area contributed by atoms with Crippen molar-refractivity contribution in [2.24, 2.45) is 0 Å². The van der Waals surface area contributed by atoms with Crippen molar-refractivity contribution in [3.8, 4) is 0 Å². The zero-order chi connectivity index (χ0) is 24.6. The molecule has 1 aliphatic rings. The summed E-state index contributed by atoms with van der Waals surface area (Å²) in [6.45, 7) is 5.60. The zero-order valence-corrected chi connectivity index (χ0v) is 21.7. The minimum absolute atomic E-state index is 0.00805. The Kier molecular flexibility index (Phi) is 8.75. The van der Waals surface area contributed by atoms with Gasteiger partial charge < -0.3 is 9.80 Å². The summed E-state index contributed by atoms with van der Waals surface area (Å²) in [6, 6.07) is 20.2. The Morgan fingerprint density at radius 2 is 1.74 bits per heavy atom. The highest BCUT2D eigenvalue weighted by atomic mass is 32.1. The van der Waals surface area contributed by atoms with Gasteiger partial charge in [0, 0.05) is 23.5 Å². The second-order valence-corrected chi connectivity index (χ2v) is 10.3. The van der Waals surface area contributed by atoms with Crippen LogP contribution in [0.4, 0.5) is 0 Å². The molecule has 0 saturated heterocycles. The molecule has 3 aromatic rings. The van der Waals surface area contributed by atoms with Gasteiger partial charge in [0.15, 0.2) is 0 Å². The zero-order valence-electron chi connectivity index (χ0n) is 20.9. The molecule has 0 bridgehead atoms. The fourth-order valence-corrected chi connectivity index (χ4v) is 5.84. The van der Waals surface area contributed by atoms with Crippen molar-refractivity contribution in [1.29, 1.82) is 0 Å². The minimum Gasteiger partial charge on any atom is -0.330 e. The lowest BCUT2D eigenvalue weighted by atomic mass is 9.93. The van der Waals surface area contributed by atoms with Crippen molar-refractivity contribution in [3.63, 3.8) is 0 Å². The number of hydrogen-bond donors (Lipinski definition) is 0. The molecule has 1 unspecified atom stereocenters. The first-order chi connectivity index (χ1) is 17.1. The molecule has 0 spiro atoms. The van der Waals surface area contributed by atoms with E-state index in [0.29, 0.717) is 18.7 Å². The Labute approximate surface area is 213 Å². The Morgan fingerprint density at radius 1 is 0.971 bits per heavy atom. The van der Waals surface area contributed by atoms with E-state index in [1.165, 1.54) is 35.3 Å². The highest BCUT2D eigenvalue weighted by Gasteiger charge is 2.33. The van der Waals surface area contributed by atoms with Crippen LogP contribution in [-0.2, 0) is 17.6 Å². The predicted octanol–water partition coefficient (Wildman–Crippen LogP) is 6.51. The third-order valence-corrected chi connectivity index (χ3v) is 7.77. The van der Waals surface area contributed by atoms with Crippen molar-refractivity contribution < 1.29 is 9.59 Å². The maximum Gasteiger partial charge on any atom is 0.254 e. The standard InChI is InChI=1S/C30H36N2O2S/c1-3-5-7-10-23-13-15-25(16-14-23)30(34)31(19-4-2)22-28(33)32-20-17-27-26(18-21-35-27)29(32)24-11-8-6-9-12-24/h6,8-9,11-16,18,21,29H,3-5,7,10,17,19-20,22H2,1-2H3. The largest absolute Gasteiger partial charge is 0.330 e. The van der Waals surface area contributed by atoms with E-state index in [4.69, 9.17) is 0 Å². The number of benzene rings is 2.